The molecule has 1 aliphatic heterocycles. The molecule has 3 rings (SSSR count). The fourth-order valence-corrected chi connectivity index (χ4v) is 3.57. The molecule has 0 spiro atoms. The average Bonchev–Trinajstić information content (AvgIpc) is 3.03. The molecule has 2 aromatic carbocycles. The van der Waals surface area contributed by atoms with Crippen molar-refractivity contribution in [2.45, 2.75) is 32.7 Å². The number of methoxy groups -OCH3 is 1. The molecule has 30 heavy (non-hydrogen) atoms. The van der Waals surface area contributed by atoms with Crippen LogP contribution in [0.1, 0.15) is 43.9 Å². The third-order valence-electron chi connectivity index (χ3n) is 5.04. The van der Waals surface area contributed by atoms with E-state index in [9.17, 15) is 14.7 Å². The largest absolute Gasteiger partial charge is 0.507 e. The number of Topliss-reactive ketones (excluding diaryl/α,β-unsaturated/α-hetero) is 1. The van der Waals surface area contributed by atoms with Crippen molar-refractivity contribution in [1.82, 2.24) is 4.90 Å². The highest BCUT2D eigenvalue weighted by Crippen LogP contribution is 2.40. The van der Waals surface area contributed by atoms with E-state index in [0.717, 1.165) is 12.0 Å². The predicted molar refractivity (Wildman–Crippen MR) is 115 cm³/mol. The van der Waals surface area contributed by atoms with Crippen molar-refractivity contribution in [3.8, 4) is 11.5 Å². The van der Waals surface area contributed by atoms with Crippen LogP contribution in [-0.4, -0.2) is 42.0 Å². The lowest BCUT2D eigenvalue weighted by atomic mass is 9.95. The highest BCUT2D eigenvalue weighted by atomic mass is 16.5. The van der Waals surface area contributed by atoms with Gasteiger partial charge in [-0.25, -0.2) is 0 Å². The summed E-state index contributed by atoms with van der Waals surface area (Å²) in [5, 5.41) is 11.0. The number of aliphatic hydroxyl groups is 1. The number of hydrogen-bond donors (Lipinski definition) is 1. The molecule has 0 saturated carbocycles. The summed E-state index contributed by atoms with van der Waals surface area (Å²) in [4.78, 5) is 27.1. The van der Waals surface area contributed by atoms with Gasteiger partial charge in [-0.15, -0.1) is 0 Å². The van der Waals surface area contributed by atoms with Crippen molar-refractivity contribution in [1.29, 1.82) is 0 Å². The maximum atomic E-state index is 12.9. The van der Waals surface area contributed by atoms with Gasteiger partial charge < -0.3 is 19.5 Å². The molecule has 6 heteroatoms. The summed E-state index contributed by atoms with van der Waals surface area (Å²) in [5.41, 5.74) is 1.31. The van der Waals surface area contributed by atoms with Gasteiger partial charge in [0.25, 0.3) is 11.7 Å². The Morgan fingerprint density at radius 1 is 0.967 bits per heavy atom. The summed E-state index contributed by atoms with van der Waals surface area (Å²) in [6.45, 7) is 4.99. The Labute approximate surface area is 176 Å². The Balaban J connectivity index is 2.05. The first-order valence-electron chi connectivity index (χ1n) is 10.2. The number of benzene rings is 2. The van der Waals surface area contributed by atoms with Crippen molar-refractivity contribution in [3.63, 3.8) is 0 Å². The third kappa shape index (κ3) is 4.17. The highest BCUT2D eigenvalue weighted by molar-refractivity contribution is 6.46. The van der Waals surface area contributed by atoms with Gasteiger partial charge in [0.15, 0.2) is 0 Å². The molecule has 1 saturated heterocycles. The molecule has 1 amide bonds. The molecule has 0 aromatic heterocycles. The van der Waals surface area contributed by atoms with E-state index in [4.69, 9.17) is 9.47 Å². The molecular formula is C24H27NO5. The Bertz CT molecular complexity index is 931. The number of ether oxygens (including phenoxy) is 2. The maximum absolute atomic E-state index is 12.9. The number of carbonyl (C=O) groups excluding carboxylic acids is 2. The van der Waals surface area contributed by atoms with E-state index in [1.54, 1.807) is 43.5 Å². The molecule has 0 bridgehead atoms. The second-order valence-corrected chi connectivity index (χ2v) is 7.14. The van der Waals surface area contributed by atoms with E-state index in [2.05, 4.69) is 0 Å². The molecule has 1 heterocycles. The van der Waals surface area contributed by atoms with Crippen LogP contribution in [0.3, 0.4) is 0 Å². The highest BCUT2D eigenvalue weighted by Gasteiger charge is 2.45. The van der Waals surface area contributed by atoms with Crippen LogP contribution in [-0.2, 0) is 9.59 Å². The van der Waals surface area contributed by atoms with Crippen molar-refractivity contribution >= 4 is 17.4 Å². The van der Waals surface area contributed by atoms with Gasteiger partial charge >= 0.3 is 0 Å². The Kier molecular flexibility index (Phi) is 6.77. The van der Waals surface area contributed by atoms with Crippen LogP contribution in [0, 0.1) is 0 Å². The minimum absolute atomic E-state index is 0.0980. The molecule has 2 aromatic rings. The standard InChI is InChI=1S/C24H27NO5/c1-4-14-25-21(16-6-10-18(29-3)11-7-16)20(23(27)24(25)28)22(26)17-8-12-19(13-9-17)30-15-5-2/h6-13,21,26H,4-5,14-15H2,1-3H3/b22-20-. The minimum Gasteiger partial charge on any atom is -0.507 e. The van der Waals surface area contributed by atoms with Crippen LogP contribution in [0.15, 0.2) is 54.1 Å². The molecule has 1 aliphatic rings. The van der Waals surface area contributed by atoms with E-state index in [-0.39, 0.29) is 11.3 Å². The molecular weight excluding hydrogens is 382 g/mol. The lowest BCUT2D eigenvalue weighted by Crippen LogP contribution is -2.30. The number of likely N-dealkylation sites (tertiary alicyclic amines) is 1. The molecule has 158 valence electrons. The van der Waals surface area contributed by atoms with Crippen LogP contribution >= 0.6 is 0 Å². The quantitative estimate of drug-likeness (QED) is 0.399. The number of ketones is 1. The number of aliphatic hydroxyl groups excluding tert-OH is 1. The van der Waals surface area contributed by atoms with Gasteiger partial charge in [0.05, 0.1) is 25.3 Å². The van der Waals surface area contributed by atoms with Gasteiger partial charge in [-0.05, 0) is 54.8 Å². The fourth-order valence-electron chi connectivity index (χ4n) is 3.57. The van der Waals surface area contributed by atoms with E-state index < -0.39 is 17.7 Å². The van der Waals surface area contributed by atoms with Crippen LogP contribution in [0.2, 0.25) is 0 Å². The monoisotopic (exact) mass is 409 g/mol. The van der Waals surface area contributed by atoms with E-state index in [1.807, 2.05) is 26.0 Å². The summed E-state index contributed by atoms with van der Waals surface area (Å²) in [5.74, 6) is -0.0922. The predicted octanol–water partition coefficient (Wildman–Crippen LogP) is 4.32. The van der Waals surface area contributed by atoms with Gasteiger partial charge in [-0.3, -0.25) is 9.59 Å². The minimum atomic E-state index is -0.673. The molecule has 1 atom stereocenters. The molecule has 1 N–H and O–H groups in total. The second kappa shape index (κ2) is 9.48. The molecule has 1 fully saturated rings. The lowest BCUT2D eigenvalue weighted by molar-refractivity contribution is -0.139. The smallest absolute Gasteiger partial charge is 0.295 e. The number of nitrogens with zero attached hydrogens (tertiary/aromatic N) is 1. The van der Waals surface area contributed by atoms with E-state index >= 15 is 0 Å². The first-order chi connectivity index (χ1) is 14.5. The van der Waals surface area contributed by atoms with Crippen molar-refractivity contribution < 1.29 is 24.2 Å². The lowest BCUT2D eigenvalue weighted by Gasteiger charge is -2.25. The fraction of sp³-hybridized carbons (Fsp3) is 0.333. The number of amides is 1. The molecule has 1 unspecified atom stereocenters. The zero-order valence-corrected chi connectivity index (χ0v) is 17.6. The van der Waals surface area contributed by atoms with Gasteiger partial charge in [0, 0.05) is 12.1 Å². The van der Waals surface area contributed by atoms with Crippen molar-refractivity contribution in [2.75, 3.05) is 20.3 Å². The number of rotatable bonds is 8. The zero-order chi connectivity index (χ0) is 21.7. The summed E-state index contributed by atoms with van der Waals surface area (Å²) >= 11 is 0. The molecule has 0 aliphatic carbocycles. The van der Waals surface area contributed by atoms with Crippen LogP contribution < -0.4 is 9.47 Å². The molecule has 0 radical (unpaired) electrons. The molecule has 6 nitrogen and oxygen atoms in total. The van der Waals surface area contributed by atoms with Crippen molar-refractivity contribution in [3.05, 3.63) is 65.2 Å². The Morgan fingerprint density at radius 2 is 1.60 bits per heavy atom. The third-order valence-corrected chi connectivity index (χ3v) is 5.04. The normalized spacial score (nSPS) is 18.0. The average molecular weight is 409 g/mol. The van der Waals surface area contributed by atoms with E-state index in [1.165, 1.54) is 4.90 Å². The SMILES string of the molecule is CCCOc1ccc(/C(O)=C2/C(=O)C(=O)N(CCC)C2c2ccc(OC)cc2)cc1. The second-order valence-electron chi connectivity index (χ2n) is 7.14. The Hall–Kier alpha value is -3.28. The topological polar surface area (TPSA) is 76.1 Å². The van der Waals surface area contributed by atoms with Crippen LogP contribution in [0.25, 0.3) is 5.76 Å². The summed E-state index contributed by atoms with van der Waals surface area (Å²) < 4.78 is 10.8. The first-order valence-corrected chi connectivity index (χ1v) is 10.2. The van der Waals surface area contributed by atoms with Gasteiger partial charge in [-0.1, -0.05) is 26.0 Å². The summed E-state index contributed by atoms with van der Waals surface area (Å²) in [6, 6.07) is 13.4. The van der Waals surface area contributed by atoms with Gasteiger partial charge in [-0.2, -0.15) is 0 Å². The van der Waals surface area contributed by atoms with Crippen LogP contribution in [0.5, 0.6) is 11.5 Å². The summed E-state index contributed by atoms with van der Waals surface area (Å²) in [7, 11) is 1.58. The number of hydrogen-bond acceptors (Lipinski definition) is 5. The van der Waals surface area contributed by atoms with E-state index in [0.29, 0.717) is 36.6 Å². The summed E-state index contributed by atoms with van der Waals surface area (Å²) in [6.07, 6.45) is 1.59. The Morgan fingerprint density at radius 3 is 2.17 bits per heavy atom. The van der Waals surface area contributed by atoms with Crippen molar-refractivity contribution in [2.24, 2.45) is 0 Å². The first kappa shape index (κ1) is 21.4. The van der Waals surface area contributed by atoms with Gasteiger partial charge in [0.1, 0.15) is 17.3 Å². The van der Waals surface area contributed by atoms with Gasteiger partial charge in [0.2, 0.25) is 0 Å². The zero-order valence-electron chi connectivity index (χ0n) is 17.6. The maximum Gasteiger partial charge on any atom is 0.295 e. The number of carbonyl (C=O) groups is 2. The van der Waals surface area contributed by atoms with Crippen LogP contribution in [0.4, 0.5) is 0 Å².